The molecule has 0 amide bonds. The molecule has 2 rings (SSSR count). The van der Waals surface area contributed by atoms with Crippen LogP contribution in [0.25, 0.3) is 0 Å². The second-order valence-corrected chi connectivity index (χ2v) is 3.96. The zero-order chi connectivity index (χ0) is 10.3. The summed E-state index contributed by atoms with van der Waals surface area (Å²) in [5, 5.41) is 9.12. The average Bonchev–Trinajstić information content (AvgIpc) is 2.41. The van der Waals surface area contributed by atoms with Crippen molar-refractivity contribution < 1.29 is 9.90 Å². The van der Waals surface area contributed by atoms with Gasteiger partial charge in [-0.15, -0.1) is 0 Å². The highest BCUT2D eigenvalue weighted by molar-refractivity contribution is 5.91. The van der Waals surface area contributed by atoms with Crippen LogP contribution in [-0.4, -0.2) is 15.6 Å². The fraction of sp³-hybridized carbons (Fsp3) is 0.545. The van der Waals surface area contributed by atoms with Gasteiger partial charge in [-0.2, -0.15) is 0 Å². The largest absolute Gasteiger partial charge is 0.478 e. The molecule has 0 radical (unpaired) electrons. The van der Waals surface area contributed by atoms with Gasteiger partial charge in [-0.05, 0) is 38.2 Å². The van der Waals surface area contributed by atoms with Crippen LogP contribution in [0.2, 0.25) is 0 Å². The van der Waals surface area contributed by atoms with Gasteiger partial charge in [0.1, 0.15) is 0 Å². The summed E-state index contributed by atoms with van der Waals surface area (Å²) >= 11 is 0. The van der Waals surface area contributed by atoms with Crippen LogP contribution in [0.5, 0.6) is 0 Å². The Balaban J connectivity index is 2.65. The van der Waals surface area contributed by atoms with Crippen molar-refractivity contribution in [1.82, 2.24) is 4.57 Å². The van der Waals surface area contributed by atoms with E-state index in [-0.39, 0.29) is 0 Å². The normalized spacial score (nSPS) is 15.3. The molecule has 0 spiro atoms. The lowest BCUT2D eigenvalue weighted by Crippen LogP contribution is -2.07. The zero-order valence-electron chi connectivity index (χ0n) is 8.63. The molecule has 0 unspecified atom stereocenters. The molecule has 1 heterocycles. The van der Waals surface area contributed by atoms with Crippen molar-refractivity contribution in [2.45, 2.75) is 32.6 Å². The Morgan fingerprint density at radius 2 is 2.00 bits per heavy atom. The summed E-state index contributed by atoms with van der Waals surface area (Å²) in [7, 11) is 1.96. The van der Waals surface area contributed by atoms with Crippen LogP contribution in [-0.2, 0) is 19.9 Å². The molecular formula is C11H15NO2. The highest BCUT2D eigenvalue weighted by Gasteiger charge is 2.24. The van der Waals surface area contributed by atoms with Crippen LogP contribution in [0.15, 0.2) is 0 Å². The van der Waals surface area contributed by atoms with Gasteiger partial charge in [0, 0.05) is 18.4 Å². The average molecular weight is 193 g/mol. The van der Waals surface area contributed by atoms with Gasteiger partial charge in [0.25, 0.3) is 0 Å². The SMILES string of the molecule is Cc1c(C(=O)O)c2c(n1C)CCCC2. The van der Waals surface area contributed by atoms with E-state index in [9.17, 15) is 4.79 Å². The summed E-state index contributed by atoms with van der Waals surface area (Å²) in [6.45, 7) is 1.89. The van der Waals surface area contributed by atoms with E-state index >= 15 is 0 Å². The minimum Gasteiger partial charge on any atom is -0.478 e. The third-order valence-electron chi connectivity index (χ3n) is 3.22. The van der Waals surface area contributed by atoms with Crippen LogP contribution in [0.3, 0.4) is 0 Å². The Bertz CT molecular complexity index is 390. The molecule has 76 valence electrons. The predicted molar refractivity (Wildman–Crippen MR) is 53.8 cm³/mol. The van der Waals surface area contributed by atoms with Gasteiger partial charge < -0.3 is 9.67 Å². The van der Waals surface area contributed by atoms with E-state index in [0.29, 0.717) is 5.56 Å². The highest BCUT2D eigenvalue weighted by Crippen LogP contribution is 2.28. The smallest absolute Gasteiger partial charge is 0.337 e. The number of rotatable bonds is 1. The summed E-state index contributed by atoms with van der Waals surface area (Å²) < 4.78 is 2.04. The molecule has 3 nitrogen and oxygen atoms in total. The van der Waals surface area contributed by atoms with E-state index in [0.717, 1.165) is 30.5 Å². The fourth-order valence-electron chi connectivity index (χ4n) is 2.40. The second-order valence-electron chi connectivity index (χ2n) is 3.96. The lowest BCUT2D eigenvalue weighted by atomic mass is 9.94. The summed E-state index contributed by atoms with van der Waals surface area (Å²) in [4.78, 5) is 11.1. The molecule has 0 bridgehead atoms. The number of fused-ring (bicyclic) bond motifs is 1. The summed E-state index contributed by atoms with van der Waals surface area (Å²) in [5.74, 6) is -0.777. The Labute approximate surface area is 83.4 Å². The van der Waals surface area contributed by atoms with Gasteiger partial charge in [-0.25, -0.2) is 4.79 Å². The molecular weight excluding hydrogens is 178 g/mol. The maximum atomic E-state index is 11.1. The van der Waals surface area contributed by atoms with E-state index in [4.69, 9.17) is 5.11 Å². The lowest BCUT2D eigenvalue weighted by Gasteiger charge is -2.13. The van der Waals surface area contributed by atoms with Crippen molar-refractivity contribution in [2.75, 3.05) is 0 Å². The predicted octanol–water partition coefficient (Wildman–Crippen LogP) is 1.91. The summed E-state index contributed by atoms with van der Waals surface area (Å²) in [6.07, 6.45) is 4.26. The van der Waals surface area contributed by atoms with E-state index in [1.165, 1.54) is 12.1 Å². The van der Waals surface area contributed by atoms with Crippen molar-refractivity contribution in [3.05, 3.63) is 22.5 Å². The molecule has 0 aromatic carbocycles. The standard InChI is InChI=1S/C11H15NO2/c1-7-10(11(13)14)8-5-3-4-6-9(8)12(7)2/h3-6H2,1-2H3,(H,13,14). The van der Waals surface area contributed by atoms with Crippen molar-refractivity contribution in [3.8, 4) is 0 Å². The Morgan fingerprint density at radius 3 is 2.64 bits per heavy atom. The van der Waals surface area contributed by atoms with Crippen LogP contribution < -0.4 is 0 Å². The van der Waals surface area contributed by atoms with Gasteiger partial charge in [0.15, 0.2) is 0 Å². The van der Waals surface area contributed by atoms with E-state index in [1.54, 1.807) is 0 Å². The van der Waals surface area contributed by atoms with E-state index in [2.05, 4.69) is 0 Å². The molecule has 1 aromatic heterocycles. The van der Waals surface area contributed by atoms with Gasteiger partial charge >= 0.3 is 5.97 Å². The molecule has 0 saturated carbocycles. The Kier molecular flexibility index (Phi) is 2.10. The van der Waals surface area contributed by atoms with Crippen molar-refractivity contribution >= 4 is 5.97 Å². The monoisotopic (exact) mass is 193 g/mol. The first-order valence-electron chi connectivity index (χ1n) is 5.03. The fourth-order valence-corrected chi connectivity index (χ4v) is 2.40. The second kappa shape index (κ2) is 3.15. The first-order valence-corrected chi connectivity index (χ1v) is 5.03. The molecule has 14 heavy (non-hydrogen) atoms. The number of nitrogens with zero attached hydrogens (tertiary/aromatic N) is 1. The third kappa shape index (κ3) is 1.15. The molecule has 1 aromatic rings. The number of carbonyl (C=O) groups is 1. The van der Waals surface area contributed by atoms with Crippen LogP contribution in [0, 0.1) is 6.92 Å². The van der Waals surface area contributed by atoms with Crippen molar-refractivity contribution in [2.24, 2.45) is 7.05 Å². The van der Waals surface area contributed by atoms with Gasteiger partial charge in [-0.1, -0.05) is 0 Å². The Hall–Kier alpha value is -1.25. The van der Waals surface area contributed by atoms with E-state index in [1.807, 2.05) is 18.5 Å². The summed E-state index contributed by atoms with van der Waals surface area (Å²) in [5.41, 5.74) is 3.74. The van der Waals surface area contributed by atoms with Gasteiger partial charge in [0.05, 0.1) is 5.56 Å². The molecule has 1 aliphatic carbocycles. The zero-order valence-corrected chi connectivity index (χ0v) is 8.63. The van der Waals surface area contributed by atoms with Gasteiger partial charge in [-0.3, -0.25) is 0 Å². The number of aromatic carboxylic acids is 1. The molecule has 3 heteroatoms. The highest BCUT2D eigenvalue weighted by atomic mass is 16.4. The van der Waals surface area contributed by atoms with E-state index < -0.39 is 5.97 Å². The first-order chi connectivity index (χ1) is 6.63. The molecule has 0 fully saturated rings. The maximum absolute atomic E-state index is 11.1. The number of hydrogen-bond donors (Lipinski definition) is 1. The number of aromatic nitrogens is 1. The Morgan fingerprint density at radius 1 is 1.36 bits per heavy atom. The quantitative estimate of drug-likeness (QED) is 0.740. The van der Waals surface area contributed by atoms with Crippen molar-refractivity contribution in [1.29, 1.82) is 0 Å². The molecule has 1 aliphatic rings. The third-order valence-corrected chi connectivity index (χ3v) is 3.22. The topological polar surface area (TPSA) is 42.2 Å². The minimum absolute atomic E-state index is 0.544. The molecule has 0 atom stereocenters. The maximum Gasteiger partial charge on any atom is 0.337 e. The number of carboxylic acid groups (broad SMARTS) is 1. The first kappa shape index (κ1) is 9.31. The van der Waals surface area contributed by atoms with Gasteiger partial charge in [0.2, 0.25) is 0 Å². The molecule has 1 N–H and O–H groups in total. The number of hydrogen-bond acceptors (Lipinski definition) is 1. The minimum atomic E-state index is -0.777. The molecule has 0 saturated heterocycles. The summed E-state index contributed by atoms with van der Waals surface area (Å²) in [6, 6.07) is 0. The van der Waals surface area contributed by atoms with Crippen LogP contribution in [0.1, 0.15) is 40.2 Å². The van der Waals surface area contributed by atoms with Crippen LogP contribution >= 0.6 is 0 Å². The number of carboxylic acids is 1. The lowest BCUT2D eigenvalue weighted by molar-refractivity contribution is 0.0695. The van der Waals surface area contributed by atoms with Crippen LogP contribution in [0.4, 0.5) is 0 Å². The van der Waals surface area contributed by atoms with Crippen molar-refractivity contribution in [3.63, 3.8) is 0 Å². The molecule has 0 aliphatic heterocycles.